The van der Waals surface area contributed by atoms with E-state index in [-0.39, 0.29) is 24.1 Å². The normalized spacial score (nSPS) is 14.1. The summed E-state index contributed by atoms with van der Waals surface area (Å²) in [6.07, 6.45) is 1.47. The molecule has 1 aliphatic rings. The number of nitrogens with one attached hydrogen (secondary N) is 2. The Morgan fingerprint density at radius 3 is 2.85 bits per heavy atom. The first-order valence-electron chi connectivity index (χ1n) is 8.99. The summed E-state index contributed by atoms with van der Waals surface area (Å²) in [5, 5.41) is 3.63. The molecule has 1 aliphatic heterocycles. The highest BCUT2D eigenvalue weighted by Crippen LogP contribution is 2.30. The number of fused-ring (bicyclic) bond motifs is 1. The van der Waals surface area contributed by atoms with Crippen molar-refractivity contribution >= 4 is 34.1 Å². The van der Waals surface area contributed by atoms with E-state index in [0.29, 0.717) is 24.0 Å². The zero-order valence-corrected chi connectivity index (χ0v) is 15.0. The molecule has 2 N–H and O–H groups in total. The summed E-state index contributed by atoms with van der Waals surface area (Å²) < 4.78 is 13.6. The SMILES string of the molecule is Cc1[nH]c2ccc(F)cc2c1CC(=O)Nc1ccccc1N1CCCC1=O. The Kier molecular flexibility index (Phi) is 4.39. The lowest BCUT2D eigenvalue weighted by Gasteiger charge is -2.20. The summed E-state index contributed by atoms with van der Waals surface area (Å²) >= 11 is 0. The van der Waals surface area contributed by atoms with Crippen LogP contribution in [0.15, 0.2) is 42.5 Å². The molecule has 2 heterocycles. The number of halogens is 1. The van der Waals surface area contributed by atoms with Crippen LogP contribution >= 0.6 is 0 Å². The van der Waals surface area contributed by atoms with Gasteiger partial charge in [-0.3, -0.25) is 9.59 Å². The maximum absolute atomic E-state index is 13.6. The highest BCUT2D eigenvalue weighted by molar-refractivity contribution is 6.03. The van der Waals surface area contributed by atoms with E-state index in [4.69, 9.17) is 0 Å². The van der Waals surface area contributed by atoms with Gasteiger partial charge < -0.3 is 15.2 Å². The van der Waals surface area contributed by atoms with Crippen LogP contribution in [0.25, 0.3) is 10.9 Å². The summed E-state index contributed by atoms with van der Waals surface area (Å²) in [6, 6.07) is 11.8. The van der Waals surface area contributed by atoms with E-state index in [1.165, 1.54) is 12.1 Å². The number of hydrogen-bond donors (Lipinski definition) is 2. The van der Waals surface area contributed by atoms with E-state index in [2.05, 4.69) is 10.3 Å². The fourth-order valence-electron chi connectivity index (χ4n) is 3.65. The van der Waals surface area contributed by atoms with Crippen molar-refractivity contribution in [3.8, 4) is 0 Å². The van der Waals surface area contributed by atoms with E-state index in [1.54, 1.807) is 17.0 Å². The van der Waals surface area contributed by atoms with Crippen LogP contribution in [0.1, 0.15) is 24.1 Å². The second-order valence-electron chi connectivity index (χ2n) is 6.81. The average Bonchev–Trinajstić information content (AvgIpc) is 3.19. The number of rotatable bonds is 4. The third kappa shape index (κ3) is 3.30. The van der Waals surface area contributed by atoms with Crippen molar-refractivity contribution in [3.63, 3.8) is 0 Å². The second-order valence-corrected chi connectivity index (χ2v) is 6.81. The van der Waals surface area contributed by atoms with Crippen molar-refractivity contribution in [2.24, 2.45) is 0 Å². The van der Waals surface area contributed by atoms with Gasteiger partial charge in [0.1, 0.15) is 5.82 Å². The van der Waals surface area contributed by atoms with Gasteiger partial charge in [-0.05, 0) is 49.2 Å². The van der Waals surface area contributed by atoms with E-state index >= 15 is 0 Å². The number of carbonyl (C=O) groups is 2. The first-order chi connectivity index (χ1) is 13.0. The maximum Gasteiger partial charge on any atom is 0.228 e. The summed E-state index contributed by atoms with van der Waals surface area (Å²) in [4.78, 5) is 29.6. The molecule has 138 valence electrons. The molecule has 2 aromatic carbocycles. The van der Waals surface area contributed by atoms with Crippen LogP contribution < -0.4 is 10.2 Å². The zero-order valence-electron chi connectivity index (χ0n) is 15.0. The molecule has 27 heavy (non-hydrogen) atoms. The third-order valence-electron chi connectivity index (χ3n) is 4.96. The monoisotopic (exact) mass is 365 g/mol. The Morgan fingerprint density at radius 2 is 2.07 bits per heavy atom. The molecule has 0 unspecified atom stereocenters. The van der Waals surface area contributed by atoms with Crippen molar-refractivity contribution in [2.45, 2.75) is 26.2 Å². The van der Waals surface area contributed by atoms with Crippen molar-refractivity contribution in [3.05, 3.63) is 59.5 Å². The Bertz CT molecular complexity index is 1040. The minimum Gasteiger partial charge on any atom is -0.358 e. The Labute approximate surface area is 156 Å². The molecule has 0 radical (unpaired) electrons. The molecule has 4 rings (SSSR count). The molecule has 1 fully saturated rings. The molecule has 1 saturated heterocycles. The van der Waals surface area contributed by atoms with E-state index in [9.17, 15) is 14.0 Å². The standard InChI is InChI=1S/C21H20FN3O2/c1-13-15(16-11-14(22)8-9-17(16)23-13)12-20(26)24-18-5-2-3-6-19(18)25-10-4-7-21(25)27/h2-3,5-6,8-9,11,23H,4,7,10,12H2,1H3,(H,24,26). The molecule has 0 saturated carbocycles. The molecule has 0 spiro atoms. The fourth-order valence-corrected chi connectivity index (χ4v) is 3.65. The fraction of sp³-hybridized carbons (Fsp3) is 0.238. The Morgan fingerprint density at radius 1 is 1.26 bits per heavy atom. The highest BCUT2D eigenvalue weighted by atomic mass is 19.1. The number of aromatic nitrogens is 1. The third-order valence-corrected chi connectivity index (χ3v) is 4.96. The van der Waals surface area contributed by atoms with Crippen molar-refractivity contribution in [2.75, 3.05) is 16.8 Å². The molecule has 2 amide bonds. The number of benzene rings is 2. The first-order valence-corrected chi connectivity index (χ1v) is 8.99. The molecule has 3 aromatic rings. The van der Waals surface area contributed by atoms with Crippen LogP contribution in [0, 0.1) is 12.7 Å². The minimum absolute atomic E-state index is 0.0691. The van der Waals surface area contributed by atoms with Gasteiger partial charge in [0, 0.05) is 29.6 Å². The van der Waals surface area contributed by atoms with Gasteiger partial charge in [0.15, 0.2) is 0 Å². The molecular weight excluding hydrogens is 345 g/mol. The van der Waals surface area contributed by atoms with Gasteiger partial charge >= 0.3 is 0 Å². The largest absolute Gasteiger partial charge is 0.358 e. The number of para-hydroxylation sites is 2. The Hall–Kier alpha value is -3.15. The van der Waals surface area contributed by atoms with Crippen LogP contribution in [-0.4, -0.2) is 23.3 Å². The van der Waals surface area contributed by atoms with Crippen molar-refractivity contribution < 1.29 is 14.0 Å². The van der Waals surface area contributed by atoms with Crippen molar-refractivity contribution in [1.29, 1.82) is 0 Å². The second kappa shape index (κ2) is 6.87. The maximum atomic E-state index is 13.6. The predicted octanol–water partition coefficient (Wildman–Crippen LogP) is 3.92. The van der Waals surface area contributed by atoms with Gasteiger partial charge in [-0.2, -0.15) is 0 Å². The van der Waals surface area contributed by atoms with Gasteiger partial charge in [0.2, 0.25) is 11.8 Å². The first kappa shape index (κ1) is 17.3. The van der Waals surface area contributed by atoms with E-state index in [1.807, 2.05) is 25.1 Å². The Balaban J connectivity index is 1.59. The highest BCUT2D eigenvalue weighted by Gasteiger charge is 2.24. The number of nitrogens with zero attached hydrogens (tertiary/aromatic N) is 1. The predicted molar refractivity (Wildman–Crippen MR) is 103 cm³/mol. The topological polar surface area (TPSA) is 65.2 Å². The van der Waals surface area contributed by atoms with Crippen LogP contribution in [0.5, 0.6) is 0 Å². The number of aryl methyl sites for hydroxylation is 1. The smallest absolute Gasteiger partial charge is 0.228 e. The molecule has 0 atom stereocenters. The number of carbonyl (C=O) groups excluding carboxylic acids is 2. The van der Waals surface area contributed by atoms with Gasteiger partial charge in [0.25, 0.3) is 0 Å². The summed E-state index contributed by atoms with van der Waals surface area (Å²) in [7, 11) is 0. The lowest BCUT2D eigenvalue weighted by atomic mass is 10.1. The molecular formula is C21H20FN3O2. The minimum atomic E-state index is -0.332. The number of anilines is 2. The van der Waals surface area contributed by atoms with Gasteiger partial charge in [0.05, 0.1) is 17.8 Å². The molecule has 0 aliphatic carbocycles. The van der Waals surface area contributed by atoms with Crippen LogP contribution in [0.4, 0.5) is 15.8 Å². The van der Waals surface area contributed by atoms with E-state index < -0.39 is 0 Å². The van der Waals surface area contributed by atoms with Crippen molar-refractivity contribution in [1.82, 2.24) is 4.98 Å². The van der Waals surface area contributed by atoms with Crippen LogP contribution in [0.2, 0.25) is 0 Å². The van der Waals surface area contributed by atoms with Crippen LogP contribution in [-0.2, 0) is 16.0 Å². The zero-order chi connectivity index (χ0) is 19.0. The number of amides is 2. The summed E-state index contributed by atoms with van der Waals surface area (Å²) in [5.41, 5.74) is 3.75. The lowest BCUT2D eigenvalue weighted by molar-refractivity contribution is -0.117. The molecule has 0 bridgehead atoms. The van der Waals surface area contributed by atoms with Crippen LogP contribution in [0.3, 0.4) is 0 Å². The number of hydrogen-bond acceptors (Lipinski definition) is 2. The van der Waals surface area contributed by atoms with Gasteiger partial charge in [-0.15, -0.1) is 0 Å². The number of H-pyrrole nitrogens is 1. The van der Waals surface area contributed by atoms with Gasteiger partial charge in [-0.1, -0.05) is 12.1 Å². The molecule has 6 heteroatoms. The van der Waals surface area contributed by atoms with E-state index in [0.717, 1.165) is 28.9 Å². The summed E-state index contributed by atoms with van der Waals surface area (Å²) in [6.45, 7) is 2.53. The molecule has 1 aromatic heterocycles. The molecule has 5 nitrogen and oxygen atoms in total. The quantitative estimate of drug-likeness (QED) is 0.736. The lowest BCUT2D eigenvalue weighted by Crippen LogP contribution is -2.26. The number of aromatic amines is 1. The average molecular weight is 365 g/mol. The van der Waals surface area contributed by atoms with Gasteiger partial charge in [-0.25, -0.2) is 4.39 Å². The summed E-state index contributed by atoms with van der Waals surface area (Å²) in [5.74, 6) is -0.469.